The fourth-order valence-electron chi connectivity index (χ4n) is 2.19. The van der Waals surface area contributed by atoms with Crippen LogP contribution in [0.25, 0.3) is 0 Å². The summed E-state index contributed by atoms with van der Waals surface area (Å²) < 4.78 is 26.5. The van der Waals surface area contributed by atoms with Crippen LogP contribution < -0.4 is 10.2 Å². The number of amides is 2. The minimum absolute atomic E-state index is 0.0430. The second-order valence-corrected chi connectivity index (χ2v) is 4.48. The molecule has 1 N–H and O–H groups in total. The molecule has 0 aliphatic carbocycles. The minimum atomic E-state index is -0.781. The Bertz CT molecular complexity index is 519. The molecule has 1 atom stereocenters. The second kappa shape index (κ2) is 5.34. The van der Waals surface area contributed by atoms with Crippen molar-refractivity contribution in [2.24, 2.45) is 0 Å². The zero-order valence-corrected chi connectivity index (χ0v) is 10.5. The summed E-state index contributed by atoms with van der Waals surface area (Å²) in [6.07, 6.45) is 1.17. The average molecular weight is 268 g/mol. The molecule has 1 saturated heterocycles. The van der Waals surface area contributed by atoms with Crippen molar-refractivity contribution in [2.75, 3.05) is 11.4 Å². The van der Waals surface area contributed by atoms with Crippen molar-refractivity contribution in [2.45, 2.75) is 25.8 Å². The first-order chi connectivity index (χ1) is 8.99. The van der Waals surface area contributed by atoms with Crippen LogP contribution in [0.3, 0.4) is 0 Å². The van der Waals surface area contributed by atoms with Gasteiger partial charge in [0, 0.05) is 19.5 Å². The third-order valence-electron chi connectivity index (χ3n) is 3.02. The zero-order chi connectivity index (χ0) is 14.0. The van der Waals surface area contributed by atoms with Crippen LogP contribution in [0, 0.1) is 11.6 Å². The van der Waals surface area contributed by atoms with Crippen LogP contribution in [0.15, 0.2) is 18.2 Å². The Morgan fingerprint density at radius 1 is 1.42 bits per heavy atom. The number of carbonyl (C=O) groups is 2. The van der Waals surface area contributed by atoms with Gasteiger partial charge in [-0.15, -0.1) is 0 Å². The molecule has 1 aliphatic heterocycles. The van der Waals surface area contributed by atoms with Gasteiger partial charge in [-0.1, -0.05) is 0 Å². The molecule has 0 aromatic heterocycles. The Balaban J connectivity index is 2.24. The molecular weight excluding hydrogens is 254 g/mol. The van der Waals surface area contributed by atoms with Gasteiger partial charge < -0.3 is 10.2 Å². The van der Waals surface area contributed by atoms with Gasteiger partial charge in [0.1, 0.15) is 17.7 Å². The third-order valence-corrected chi connectivity index (χ3v) is 3.02. The first-order valence-electron chi connectivity index (χ1n) is 6.02. The van der Waals surface area contributed by atoms with E-state index in [4.69, 9.17) is 0 Å². The lowest BCUT2D eigenvalue weighted by Crippen LogP contribution is -2.52. The Hall–Kier alpha value is -1.98. The standard InChI is InChI=1S/C13H14F2N2O2/c1-8(18)16-11-3-2-6-17(13(11)19)12-5-4-9(14)7-10(12)15/h4-5,7,11H,2-3,6H2,1H3,(H,16,18). The topological polar surface area (TPSA) is 49.4 Å². The van der Waals surface area contributed by atoms with Gasteiger partial charge in [0.25, 0.3) is 0 Å². The lowest BCUT2D eigenvalue weighted by Gasteiger charge is -2.32. The molecule has 2 amide bonds. The maximum absolute atomic E-state index is 13.7. The summed E-state index contributed by atoms with van der Waals surface area (Å²) in [7, 11) is 0. The predicted molar refractivity (Wildman–Crippen MR) is 65.5 cm³/mol. The van der Waals surface area contributed by atoms with E-state index in [2.05, 4.69) is 5.32 Å². The van der Waals surface area contributed by atoms with Crippen molar-refractivity contribution in [1.29, 1.82) is 0 Å². The number of piperidine rings is 1. The summed E-state index contributed by atoms with van der Waals surface area (Å²) in [5, 5.41) is 2.54. The molecule has 0 saturated carbocycles. The largest absolute Gasteiger partial charge is 0.345 e. The number of carbonyl (C=O) groups excluding carboxylic acids is 2. The fraction of sp³-hybridized carbons (Fsp3) is 0.385. The molecule has 6 heteroatoms. The van der Waals surface area contributed by atoms with Gasteiger partial charge in [-0.05, 0) is 25.0 Å². The normalized spacial score (nSPS) is 19.4. The van der Waals surface area contributed by atoms with Crippen molar-refractivity contribution in [3.63, 3.8) is 0 Å². The van der Waals surface area contributed by atoms with Crippen LogP contribution in [0.4, 0.5) is 14.5 Å². The number of anilines is 1. The average Bonchev–Trinajstić information content (AvgIpc) is 2.32. The van der Waals surface area contributed by atoms with E-state index in [1.807, 2.05) is 0 Å². The van der Waals surface area contributed by atoms with Crippen molar-refractivity contribution in [3.05, 3.63) is 29.8 Å². The van der Waals surface area contributed by atoms with E-state index in [-0.39, 0.29) is 17.5 Å². The van der Waals surface area contributed by atoms with E-state index in [9.17, 15) is 18.4 Å². The summed E-state index contributed by atoms with van der Waals surface area (Å²) in [6, 6.07) is 2.44. The number of nitrogens with zero attached hydrogens (tertiary/aromatic N) is 1. The van der Waals surface area contributed by atoms with Crippen LogP contribution in [0.5, 0.6) is 0 Å². The van der Waals surface area contributed by atoms with Crippen LogP contribution in [0.1, 0.15) is 19.8 Å². The Morgan fingerprint density at radius 3 is 2.79 bits per heavy atom. The summed E-state index contributed by atoms with van der Waals surface area (Å²) in [5.74, 6) is -2.15. The molecule has 0 radical (unpaired) electrons. The lowest BCUT2D eigenvalue weighted by molar-refractivity contribution is -0.127. The molecule has 1 aliphatic rings. The third kappa shape index (κ3) is 2.89. The molecule has 19 heavy (non-hydrogen) atoms. The van der Waals surface area contributed by atoms with Gasteiger partial charge in [0.15, 0.2) is 0 Å². The highest BCUT2D eigenvalue weighted by Gasteiger charge is 2.31. The smallest absolute Gasteiger partial charge is 0.249 e. The van der Waals surface area contributed by atoms with E-state index < -0.39 is 17.7 Å². The highest BCUT2D eigenvalue weighted by molar-refractivity contribution is 5.99. The number of rotatable bonds is 2. The monoisotopic (exact) mass is 268 g/mol. The molecule has 1 aromatic carbocycles. The van der Waals surface area contributed by atoms with Gasteiger partial charge in [-0.25, -0.2) is 8.78 Å². The van der Waals surface area contributed by atoms with E-state index in [1.54, 1.807) is 0 Å². The van der Waals surface area contributed by atoms with Gasteiger partial charge >= 0.3 is 0 Å². The molecule has 1 aromatic rings. The molecule has 0 spiro atoms. The van der Waals surface area contributed by atoms with Crippen molar-refractivity contribution in [3.8, 4) is 0 Å². The lowest BCUT2D eigenvalue weighted by atomic mass is 10.0. The van der Waals surface area contributed by atoms with Crippen LogP contribution >= 0.6 is 0 Å². The van der Waals surface area contributed by atoms with E-state index in [0.29, 0.717) is 19.4 Å². The Labute approximate surface area is 109 Å². The van der Waals surface area contributed by atoms with Gasteiger partial charge in [-0.2, -0.15) is 0 Å². The fourth-order valence-corrected chi connectivity index (χ4v) is 2.19. The van der Waals surface area contributed by atoms with Gasteiger partial charge in [0.2, 0.25) is 11.8 Å². The number of halogens is 2. The maximum atomic E-state index is 13.7. The van der Waals surface area contributed by atoms with E-state index >= 15 is 0 Å². The summed E-state index contributed by atoms with van der Waals surface area (Å²) in [4.78, 5) is 24.4. The van der Waals surface area contributed by atoms with Gasteiger partial charge in [-0.3, -0.25) is 9.59 Å². The Kier molecular flexibility index (Phi) is 3.78. The van der Waals surface area contributed by atoms with Crippen molar-refractivity contribution < 1.29 is 18.4 Å². The summed E-state index contributed by atoms with van der Waals surface area (Å²) in [5.41, 5.74) is 0.0430. The minimum Gasteiger partial charge on any atom is -0.345 e. The summed E-state index contributed by atoms with van der Waals surface area (Å²) >= 11 is 0. The molecule has 1 fully saturated rings. The van der Waals surface area contributed by atoms with E-state index in [1.165, 1.54) is 17.9 Å². The van der Waals surface area contributed by atoms with Crippen molar-refractivity contribution >= 4 is 17.5 Å². The molecule has 4 nitrogen and oxygen atoms in total. The second-order valence-electron chi connectivity index (χ2n) is 4.48. The van der Waals surface area contributed by atoms with Crippen molar-refractivity contribution in [1.82, 2.24) is 5.32 Å². The molecule has 1 unspecified atom stereocenters. The SMILES string of the molecule is CC(=O)NC1CCCN(c2ccc(F)cc2F)C1=O. The first kappa shape index (κ1) is 13.5. The summed E-state index contributed by atoms with van der Waals surface area (Å²) in [6.45, 7) is 1.68. The number of hydrogen-bond donors (Lipinski definition) is 1. The quantitative estimate of drug-likeness (QED) is 0.885. The highest BCUT2D eigenvalue weighted by Crippen LogP contribution is 2.24. The molecular formula is C13H14F2N2O2. The first-order valence-corrected chi connectivity index (χ1v) is 6.02. The molecule has 0 bridgehead atoms. The maximum Gasteiger partial charge on any atom is 0.249 e. The molecule has 102 valence electrons. The number of hydrogen-bond acceptors (Lipinski definition) is 2. The highest BCUT2D eigenvalue weighted by atomic mass is 19.1. The molecule has 2 rings (SSSR count). The van der Waals surface area contributed by atoms with Gasteiger partial charge in [0.05, 0.1) is 5.69 Å². The number of nitrogens with one attached hydrogen (secondary N) is 1. The number of benzene rings is 1. The predicted octanol–water partition coefficient (Wildman–Crippen LogP) is 1.60. The molecule has 1 heterocycles. The van der Waals surface area contributed by atoms with Crippen LogP contribution in [-0.4, -0.2) is 24.4 Å². The zero-order valence-electron chi connectivity index (χ0n) is 10.5. The van der Waals surface area contributed by atoms with Crippen LogP contribution in [-0.2, 0) is 9.59 Å². The van der Waals surface area contributed by atoms with E-state index in [0.717, 1.165) is 12.1 Å². The Morgan fingerprint density at radius 2 is 2.16 bits per heavy atom. The van der Waals surface area contributed by atoms with Crippen LogP contribution in [0.2, 0.25) is 0 Å².